The van der Waals surface area contributed by atoms with Gasteiger partial charge in [-0.2, -0.15) is 0 Å². The molecular weight excluding hydrogens is 400 g/mol. The summed E-state index contributed by atoms with van der Waals surface area (Å²) in [5.74, 6) is 0.853. The van der Waals surface area contributed by atoms with Crippen LogP contribution in [0.15, 0.2) is 43.0 Å². The van der Waals surface area contributed by atoms with Crippen LogP contribution in [0.4, 0.5) is 0 Å². The molecule has 4 nitrogen and oxygen atoms in total. The van der Waals surface area contributed by atoms with Gasteiger partial charge >= 0.3 is 0 Å². The lowest BCUT2D eigenvalue weighted by atomic mass is 9.78. The quantitative estimate of drug-likeness (QED) is 0.503. The van der Waals surface area contributed by atoms with E-state index in [9.17, 15) is 14.7 Å². The molecular formula is C28H36O4. The highest BCUT2D eigenvalue weighted by Crippen LogP contribution is 2.40. The molecule has 172 valence electrons. The Hall–Kier alpha value is -2.88. The zero-order valence-electron chi connectivity index (χ0n) is 20.5. The summed E-state index contributed by atoms with van der Waals surface area (Å²) < 4.78 is 5.37. The molecule has 0 heterocycles. The highest BCUT2D eigenvalue weighted by atomic mass is 16.5. The second kappa shape index (κ2) is 9.72. The minimum absolute atomic E-state index is 0.0231. The van der Waals surface area contributed by atoms with Crippen molar-refractivity contribution >= 4 is 17.1 Å². The molecule has 1 N–H and O–H groups in total. The zero-order chi connectivity index (χ0) is 24.3. The topological polar surface area (TPSA) is 63.6 Å². The van der Waals surface area contributed by atoms with E-state index in [1.54, 1.807) is 24.3 Å². The van der Waals surface area contributed by atoms with Gasteiger partial charge in [0.25, 0.3) is 0 Å². The van der Waals surface area contributed by atoms with Crippen LogP contribution in [-0.4, -0.2) is 23.3 Å². The van der Waals surface area contributed by atoms with Gasteiger partial charge in [-0.05, 0) is 58.6 Å². The molecule has 0 aliphatic carbocycles. The average molecular weight is 437 g/mol. The lowest BCUT2D eigenvalue weighted by molar-refractivity contribution is -0.119. The van der Waals surface area contributed by atoms with Crippen LogP contribution in [0.2, 0.25) is 0 Å². The third kappa shape index (κ3) is 6.56. The molecule has 2 aromatic rings. The van der Waals surface area contributed by atoms with Crippen molar-refractivity contribution in [3.63, 3.8) is 0 Å². The first-order chi connectivity index (χ1) is 14.7. The minimum Gasteiger partial charge on any atom is -0.507 e. The Morgan fingerprint density at radius 2 is 1.44 bits per heavy atom. The van der Waals surface area contributed by atoms with Gasteiger partial charge in [-0.1, -0.05) is 72.4 Å². The summed E-state index contributed by atoms with van der Waals surface area (Å²) in [5, 5.41) is 10.9. The highest BCUT2D eigenvalue weighted by Gasteiger charge is 2.26. The number of carbonyl (C=O) groups excluding carboxylic acids is 2. The first-order valence-electron chi connectivity index (χ1n) is 11.0. The Morgan fingerprint density at radius 1 is 0.938 bits per heavy atom. The standard InChI is InChI=1S/C28H36O4/c1-18(29)17-32-22-12-10-21(11-13-22)19(2)25(30)14-9-20-15-23(27(3,4)5)26(31)24(16-20)28(6,7)8/h10-13,15-16,31H,2,9,14,17H2,1,3-8H3. The number of aryl methyl sites for hydroxylation is 1. The summed E-state index contributed by atoms with van der Waals surface area (Å²) in [6, 6.07) is 11.1. The van der Waals surface area contributed by atoms with Gasteiger partial charge in [0.05, 0.1) is 0 Å². The van der Waals surface area contributed by atoms with Crippen LogP contribution in [0.5, 0.6) is 11.5 Å². The van der Waals surface area contributed by atoms with Crippen LogP contribution >= 0.6 is 0 Å². The summed E-state index contributed by atoms with van der Waals surface area (Å²) in [4.78, 5) is 23.9. The van der Waals surface area contributed by atoms with Gasteiger partial charge in [-0.25, -0.2) is 0 Å². The Morgan fingerprint density at radius 3 is 1.88 bits per heavy atom. The van der Waals surface area contributed by atoms with Crippen molar-refractivity contribution in [1.29, 1.82) is 0 Å². The molecule has 2 rings (SSSR count). The van der Waals surface area contributed by atoms with E-state index in [0.717, 1.165) is 22.3 Å². The van der Waals surface area contributed by atoms with Crippen molar-refractivity contribution in [1.82, 2.24) is 0 Å². The SMILES string of the molecule is C=C(C(=O)CCc1cc(C(C)(C)C)c(O)c(C(C)(C)C)c1)c1ccc(OCC(C)=O)cc1. The maximum atomic E-state index is 12.8. The predicted octanol–water partition coefficient (Wildman–Crippen LogP) is 6.17. The van der Waals surface area contributed by atoms with E-state index in [1.807, 2.05) is 12.1 Å². The number of phenolic OH excluding ortho intramolecular Hbond substituents is 1. The van der Waals surface area contributed by atoms with E-state index in [0.29, 0.717) is 29.9 Å². The van der Waals surface area contributed by atoms with Gasteiger partial charge in [-0.15, -0.1) is 0 Å². The molecule has 0 bridgehead atoms. The smallest absolute Gasteiger partial charge is 0.167 e. The maximum Gasteiger partial charge on any atom is 0.167 e. The molecule has 4 heteroatoms. The third-order valence-corrected chi connectivity index (χ3v) is 5.41. The van der Waals surface area contributed by atoms with E-state index >= 15 is 0 Å². The van der Waals surface area contributed by atoms with E-state index in [2.05, 4.69) is 48.1 Å². The lowest BCUT2D eigenvalue weighted by Gasteiger charge is -2.28. The minimum atomic E-state index is -0.208. The van der Waals surface area contributed by atoms with Crippen molar-refractivity contribution in [2.24, 2.45) is 0 Å². The molecule has 0 unspecified atom stereocenters. The number of benzene rings is 2. The molecule has 0 aromatic heterocycles. The number of hydrogen-bond donors (Lipinski definition) is 1. The second-order valence-electron chi connectivity index (χ2n) is 10.5. The number of hydrogen-bond acceptors (Lipinski definition) is 4. The van der Waals surface area contributed by atoms with Crippen LogP contribution in [0, 0.1) is 0 Å². The number of phenols is 1. The van der Waals surface area contributed by atoms with Crippen molar-refractivity contribution in [2.75, 3.05) is 6.61 Å². The number of aromatic hydroxyl groups is 1. The number of ketones is 2. The zero-order valence-corrected chi connectivity index (χ0v) is 20.5. The van der Waals surface area contributed by atoms with Crippen molar-refractivity contribution in [3.05, 3.63) is 65.2 Å². The molecule has 0 aliphatic rings. The highest BCUT2D eigenvalue weighted by molar-refractivity contribution is 6.20. The number of allylic oxidation sites excluding steroid dienone is 1. The van der Waals surface area contributed by atoms with Gasteiger partial charge in [0.15, 0.2) is 11.6 Å². The summed E-state index contributed by atoms with van der Waals surface area (Å²) in [7, 11) is 0. The Kier molecular flexibility index (Phi) is 7.71. The summed E-state index contributed by atoms with van der Waals surface area (Å²) >= 11 is 0. The fourth-order valence-corrected chi connectivity index (χ4v) is 3.49. The van der Waals surface area contributed by atoms with Gasteiger partial charge in [0.2, 0.25) is 0 Å². The van der Waals surface area contributed by atoms with Crippen LogP contribution < -0.4 is 4.74 Å². The van der Waals surface area contributed by atoms with Crippen molar-refractivity contribution in [2.45, 2.75) is 72.1 Å². The van der Waals surface area contributed by atoms with Gasteiger partial charge < -0.3 is 9.84 Å². The number of rotatable bonds is 8. The van der Waals surface area contributed by atoms with E-state index in [4.69, 9.17) is 4.74 Å². The van der Waals surface area contributed by atoms with Gasteiger partial charge in [0.1, 0.15) is 18.1 Å². The molecule has 32 heavy (non-hydrogen) atoms. The normalized spacial score (nSPS) is 11.8. The number of ether oxygens (including phenoxy) is 1. The average Bonchev–Trinajstić information content (AvgIpc) is 2.69. The Labute approximate surface area is 192 Å². The fraction of sp³-hybridized carbons (Fsp3) is 0.429. The third-order valence-electron chi connectivity index (χ3n) is 5.41. The molecule has 0 atom stereocenters. The first kappa shape index (κ1) is 25.4. The van der Waals surface area contributed by atoms with Gasteiger partial charge in [-0.3, -0.25) is 9.59 Å². The molecule has 0 spiro atoms. The van der Waals surface area contributed by atoms with Crippen molar-refractivity contribution < 1.29 is 19.4 Å². The molecule has 0 saturated carbocycles. The first-order valence-corrected chi connectivity index (χ1v) is 11.0. The van der Waals surface area contributed by atoms with Gasteiger partial charge in [0, 0.05) is 12.0 Å². The molecule has 2 aromatic carbocycles. The van der Waals surface area contributed by atoms with E-state index < -0.39 is 0 Å². The maximum absolute atomic E-state index is 12.8. The molecule has 0 fully saturated rings. The fourth-order valence-electron chi connectivity index (χ4n) is 3.49. The summed E-state index contributed by atoms with van der Waals surface area (Å²) in [6.07, 6.45) is 0.906. The Balaban J connectivity index is 2.16. The largest absolute Gasteiger partial charge is 0.507 e. The second-order valence-corrected chi connectivity index (χ2v) is 10.5. The summed E-state index contributed by atoms with van der Waals surface area (Å²) in [6.45, 7) is 18.0. The lowest BCUT2D eigenvalue weighted by Crippen LogP contribution is -2.18. The van der Waals surface area contributed by atoms with Crippen molar-refractivity contribution in [3.8, 4) is 11.5 Å². The van der Waals surface area contributed by atoms with Crippen LogP contribution in [0.25, 0.3) is 5.57 Å². The molecule has 0 saturated heterocycles. The van der Waals surface area contributed by atoms with Crippen LogP contribution in [0.1, 0.15) is 77.1 Å². The number of carbonyl (C=O) groups is 2. The number of Topliss-reactive ketones (excluding diaryl/α,β-unsaturated/α-hetero) is 2. The predicted molar refractivity (Wildman–Crippen MR) is 130 cm³/mol. The van der Waals surface area contributed by atoms with E-state index in [1.165, 1.54) is 6.92 Å². The van der Waals surface area contributed by atoms with Crippen LogP contribution in [0.3, 0.4) is 0 Å². The van der Waals surface area contributed by atoms with E-state index in [-0.39, 0.29) is 29.0 Å². The molecule has 0 aliphatic heterocycles. The van der Waals surface area contributed by atoms with Crippen LogP contribution in [-0.2, 0) is 26.8 Å². The summed E-state index contributed by atoms with van der Waals surface area (Å²) in [5.41, 5.74) is 3.60. The molecule has 0 amide bonds. The molecule has 0 radical (unpaired) electrons. The Bertz CT molecular complexity index is 964. The monoisotopic (exact) mass is 436 g/mol.